The van der Waals surface area contributed by atoms with Crippen molar-refractivity contribution < 1.29 is 9.18 Å². The SMILES string of the molecule is N#CCCNC(=O)CNCc1cc(Br)ccc1F. The smallest absolute Gasteiger partial charge is 0.234 e. The average Bonchev–Trinajstić information content (AvgIpc) is 2.34. The lowest BCUT2D eigenvalue weighted by atomic mass is 10.2. The van der Waals surface area contributed by atoms with Crippen LogP contribution in [0.3, 0.4) is 0 Å². The highest BCUT2D eigenvalue weighted by Crippen LogP contribution is 2.15. The zero-order chi connectivity index (χ0) is 13.4. The van der Waals surface area contributed by atoms with Gasteiger partial charge in [0.05, 0.1) is 19.0 Å². The van der Waals surface area contributed by atoms with Gasteiger partial charge in [0.15, 0.2) is 0 Å². The van der Waals surface area contributed by atoms with Crippen LogP contribution in [0.4, 0.5) is 4.39 Å². The van der Waals surface area contributed by atoms with Gasteiger partial charge in [0.2, 0.25) is 5.91 Å². The van der Waals surface area contributed by atoms with Gasteiger partial charge in [0, 0.05) is 23.1 Å². The van der Waals surface area contributed by atoms with Crippen LogP contribution in [-0.4, -0.2) is 19.0 Å². The Balaban J connectivity index is 2.31. The first kappa shape index (κ1) is 14.6. The molecule has 0 fully saturated rings. The Labute approximate surface area is 113 Å². The normalized spacial score (nSPS) is 9.83. The van der Waals surface area contributed by atoms with E-state index >= 15 is 0 Å². The Morgan fingerprint density at radius 1 is 1.50 bits per heavy atom. The van der Waals surface area contributed by atoms with Gasteiger partial charge < -0.3 is 10.6 Å². The maximum Gasteiger partial charge on any atom is 0.234 e. The molecule has 0 radical (unpaired) electrons. The summed E-state index contributed by atoms with van der Waals surface area (Å²) in [6, 6.07) is 6.58. The molecular weight excluding hydrogens is 301 g/mol. The van der Waals surface area contributed by atoms with Crippen LogP contribution in [0, 0.1) is 17.1 Å². The maximum atomic E-state index is 13.3. The Bertz CT molecular complexity index is 459. The number of rotatable bonds is 6. The summed E-state index contributed by atoms with van der Waals surface area (Å²) in [6.07, 6.45) is 0.284. The van der Waals surface area contributed by atoms with E-state index in [-0.39, 0.29) is 31.2 Å². The molecule has 0 unspecified atom stereocenters. The highest BCUT2D eigenvalue weighted by Gasteiger charge is 2.04. The third kappa shape index (κ3) is 5.25. The molecule has 0 spiro atoms. The van der Waals surface area contributed by atoms with Crippen LogP contribution in [0.15, 0.2) is 22.7 Å². The van der Waals surface area contributed by atoms with Crippen molar-refractivity contribution in [3.05, 3.63) is 34.1 Å². The lowest BCUT2D eigenvalue weighted by molar-refractivity contribution is -0.120. The number of amides is 1. The zero-order valence-electron chi connectivity index (χ0n) is 9.67. The highest BCUT2D eigenvalue weighted by atomic mass is 79.9. The van der Waals surface area contributed by atoms with E-state index in [9.17, 15) is 9.18 Å². The molecule has 0 bridgehead atoms. The molecule has 0 aromatic heterocycles. The molecule has 0 saturated carbocycles. The molecule has 1 amide bonds. The lowest BCUT2D eigenvalue weighted by Gasteiger charge is -2.06. The van der Waals surface area contributed by atoms with E-state index in [2.05, 4.69) is 26.6 Å². The minimum absolute atomic E-state index is 0.0946. The largest absolute Gasteiger partial charge is 0.354 e. The number of nitrogens with zero attached hydrogens (tertiary/aromatic N) is 1. The summed E-state index contributed by atoms with van der Waals surface area (Å²) in [7, 11) is 0. The summed E-state index contributed by atoms with van der Waals surface area (Å²) in [5.74, 6) is -0.517. The standard InChI is InChI=1S/C12H13BrFN3O/c13-10-2-3-11(14)9(6-10)7-16-8-12(18)17-5-1-4-15/h2-3,6,16H,1,5,7-8H2,(H,17,18). The van der Waals surface area contributed by atoms with Gasteiger partial charge in [-0.2, -0.15) is 5.26 Å². The fourth-order valence-electron chi connectivity index (χ4n) is 1.31. The minimum Gasteiger partial charge on any atom is -0.354 e. The number of carbonyl (C=O) groups excluding carboxylic acids is 1. The lowest BCUT2D eigenvalue weighted by Crippen LogP contribution is -2.34. The summed E-state index contributed by atoms with van der Waals surface area (Å²) in [4.78, 5) is 11.3. The van der Waals surface area contributed by atoms with E-state index in [0.29, 0.717) is 12.1 Å². The third-order valence-corrected chi connectivity index (χ3v) is 2.66. The second kappa shape index (κ2) is 7.80. The van der Waals surface area contributed by atoms with Crippen LogP contribution in [-0.2, 0) is 11.3 Å². The Hall–Kier alpha value is -1.45. The average molecular weight is 314 g/mol. The van der Waals surface area contributed by atoms with Crippen LogP contribution < -0.4 is 10.6 Å². The van der Waals surface area contributed by atoms with E-state index < -0.39 is 0 Å². The highest BCUT2D eigenvalue weighted by molar-refractivity contribution is 9.10. The fraction of sp³-hybridized carbons (Fsp3) is 0.333. The van der Waals surface area contributed by atoms with Crippen molar-refractivity contribution in [3.8, 4) is 6.07 Å². The monoisotopic (exact) mass is 313 g/mol. The number of nitriles is 1. The molecule has 1 aromatic rings. The van der Waals surface area contributed by atoms with Gasteiger partial charge in [-0.05, 0) is 18.2 Å². The van der Waals surface area contributed by atoms with Crippen LogP contribution in [0.1, 0.15) is 12.0 Å². The summed E-state index contributed by atoms with van der Waals surface area (Å²) in [5.41, 5.74) is 0.495. The topological polar surface area (TPSA) is 64.9 Å². The Morgan fingerprint density at radius 3 is 3.00 bits per heavy atom. The third-order valence-electron chi connectivity index (χ3n) is 2.17. The second-order valence-electron chi connectivity index (χ2n) is 3.60. The zero-order valence-corrected chi connectivity index (χ0v) is 11.3. The number of nitrogens with one attached hydrogen (secondary N) is 2. The van der Waals surface area contributed by atoms with Gasteiger partial charge in [-0.3, -0.25) is 4.79 Å². The van der Waals surface area contributed by atoms with Crippen molar-refractivity contribution in [2.24, 2.45) is 0 Å². The summed E-state index contributed by atoms with van der Waals surface area (Å²) in [6.45, 7) is 0.705. The first-order chi connectivity index (χ1) is 8.63. The van der Waals surface area contributed by atoms with E-state index in [1.54, 1.807) is 12.1 Å². The number of hydrogen-bond acceptors (Lipinski definition) is 3. The molecule has 4 nitrogen and oxygen atoms in total. The van der Waals surface area contributed by atoms with Crippen molar-refractivity contribution in [2.45, 2.75) is 13.0 Å². The van der Waals surface area contributed by atoms with Crippen LogP contribution in [0.25, 0.3) is 0 Å². The molecule has 0 aliphatic rings. The number of benzene rings is 1. The van der Waals surface area contributed by atoms with Crippen molar-refractivity contribution in [3.63, 3.8) is 0 Å². The first-order valence-electron chi connectivity index (χ1n) is 5.42. The van der Waals surface area contributed by atoms with E-state index in [4.69, 9.17) is 5.26 Å². The summed E-state index contributed by atoms with van der Waals surface area (Å²) in [5, 5.41) is 13.7. The van der Waals surface area contributed by atoms with Gasteiger partial charge in [-0.25, -0.2) is 4.39 Å². The molecule has 1 rings (SSSR count). The molecule has 18 heavy (non-hydrogen) atoms. The molecule has 1 aromatic carbocycles. The predicted molar refractivity (Wildman–Crippen MR) is 69.0 cm³/mol. The first-order valence-corrected chi connectivity index (χ1v) is 6.21. The molecular formula is C12H13BrFN3O. The summed E-state index contributed by atoms with van der Waals surface area (Å²) < 4.78 is 14.1. The van der Waals surface area contributed by atoms with Crippen LogP contribution >= 0.6 is 15.9 Å². The molecule has 0 atom stereocenters. The molecule has 0 aliphatic heterocycles. The van der Waals surface area contributed by atoms with E-state index in [0.717, 1.165) is 4.47 Å². The van der Waals surface area contributed by atoms with Crippen LogP contribution in [0.2, 0.25) is 0 Å². The minimum atomic E-state index is -0.310. The van der Waals surface area contributed by atoms with Crippen LogP contribution in [0.5, 0.6) is 0 Å². The molecule has 0 aliphatic carbocycles. The van der Waals surface area contributed by atoms with Crippen molar-refractivity contribution in [2.75, 3.05) is 13.1 Å². The van der Waals surface area contributed by atoms with E-state index in [1.807, 2.05) is 6.07 Å². The number of halogens is 2. The van der Waals surface area contributed by atoms with E-state index in [1.165, 1.54) is 6.07 Å². The van der Waals surface area contributed by atoms with Gasteiger partial charge in [0.1, 0.15) is 5.82 Å². The predicted octanol–water partition coefficient (Wildman–Crippen LogP) is 1.71. The fourth-order valence-corrected chi connectivity index (χ4v) is 1.72. The van der Waals surface area contributed by atoms with Crippen molar-refractivity contribution in [1.82, 2.24) is 10.6 Å². The number of carbonyl (C=O) groups is 1. The molecule has 2 N–H and O–H groups in total. The van der Waals surface area contributed by atoms with Gasteiger partial charge in [-0.1, -0.05) is 15.9 Å². The quantitative estimate of drug-likeness (QED) is 0.786. The van der Waals surface area contributed by atoms with Gasteiger partial charge in [0.25, 0.3) is 0 Å². The van der Waals surface area contributed by atoms with Gasteiger partial charge >= 0.3 is 0 Å². The Kier molecular flexibility index (Phi) is 6.33. The molecule has 6 heteroatoms. The summed E-state index contributed by atoms with van der Waals surface area (Å²) >= 11 is 3.25. The van der Waals surface area contributed by atoms with Crippen molar-refractivity contribution >= 4 is 21.8 Å². The van der Waals surface area contributed by atoms with Crippen molar-refractivity contribution in [1.29, 1.82) is 5.26 Å². The second-order valence-corrected chi connectivity index (χ2v) is 4.51. The molecule has 0 heterocycles. The Morgan fingerprint density at radius 2 is 2.28 bits per heavy atom. The number of hydrogen-bond donors (Lipinski definition) is 2. The van der Waals surface area contributed by atoms with Gasteiger partial charge in [-0.15, -0.1) is 0 Å². The molecule has 0 saturated heterocycles. The maximum absolute atomic E-state index is 13.3. The molecule has 96 valence electrons.